The lowest BCUT2D eigenvalue weighted by molar-refractivity contribution is -0.134. The van der Waals surface area contributed by atoms with Crippen LogP contribution in [-0.2, 0) is 16.1 Å². The van der Waals surface area contributed by atoms with Gasteiger partial charge in [-0.2, -0.15) is 0 Å². The van der Waals surface area contributed by atoms with Crippen LogP contribution in [0.15, 0.2) is 42.5 Å². The van der Waals surface area contributed by atoms with Crippen molar-refractivity contribution >= 4 is 17.5 Å². The molecule has 0 spiro atoms. The Hall–Kier alpha value is -3.07. The number of nitrogens with two attached hydrogens (primary N) is 1. The number of rotatable bonds is 7. The minimum atomic E-state index is -2.61. The standard InChI is InChI=1S/C27H33F3N4O2/c28-23-4-1-20(2-5-23)21-3-6-24(31)22(16-21)18-33-11-13-34(14-12-33)26(36)17-32-25(35)15-19-7-9-27(29,30)10-8-19/h1-6,16,19H,7-15,17-18,31H2,(H,32,35). The van der Waals surface area contributed by atoms with Gasteiger partial charge in [-0.15, -0.1) is 0 Å². The summed E-state index contributed by atoms with van der Waals surface area (Å²) in [5.41, 5.74) is 9.74. The van der Waals surface area contributed by atoms with Crippen LogP contribution in [0.3, 0.4) is 0 Å². The molecule has 36 heavy (non-hydrogen) atoms. The maximum atomic E-state index is 13.3. The van der Waals surface area contributed by atoms with Crippen molar-refractivity contribution < 1.29 is 22.8 Å². The molecule has 2 aromatic rings. The van der Waals surface area contributed by atoms with Crippen molar-refractivity contribution in [2.75, 3.05) is 38.5 Å². The first kappa shape index (κ1) is 26.0. The molecule has 0 aromatic heterocycles. The van der Waals surface area contributed by atoms with E-state index in [2.05, 4.69) is 10.2 Å². The summed E-state index contributed by atoms with van der Waals surface area (Å²) in [4.78, 5) is 28.7. The molecule has 0 atom stereocenters. The van der Waals surface area contributed by atoms with Crippen LogP contribution in [0.4, 0.5) is 18.9 Å². The summed E-state index contributed by atoms with van der Waals surface area (Å²) in [5, 5.41) is 2.66. The zero-order chi connectivity index (χ0) is 25.7. The smallest absolute Gasteiger partial charge is 0.248 e. The van der Waals surface area contributed by atoms with Crippen molar-refractivity contribution in [3.63, 3.8) is 0 Å². The fourth-order valence-electron chi connectivity index (χ4n) is 4.89. The van der Waals surface area contributed by atoms with E-state index in [1.165, 1.54) is 12.1 Å². The van der Waals surface area contributed by atoms with Gasteiger partial charge in [-0.05, 0) is 59.7 Å². The molecule has 6 nitrogen and oxygen atoms in total. The second-order valence-electron chi connectivity index (χ2n) is 9.86. The molecule has 2 fully saturated rings. The Kier molecular flexibility index (Phi) is 8.18. The van der Waals surface area contributed by atoms with Crippen LogP contribution in [0.2, 0.25) is 0 Å². The number of nitrogens with one attached hydrogen (secondary N) is 1. The van der Waals surface area contributed by atoms with E-state index in [-0.39, 0.29) is 49.4 Å². The Balaban J connectivity index is 1.21. The van der Waals surface area contributed by atoms with Crippen LogP contribution in [0, 0.1) is 11.7 Å². The van der Waals surface area contributed by atoms with Crippen molar-refractivity contribution in [1.29, 1.82) is 0 Å². The fraction of sp³-hybridized carbons (Fsp3) is 0.481. The number of benzene rings is 2. The zero-order valence-corrected chi connectivity index (χ0v) is 20.3. The topological polar surface area (TPSA) is 78.7 Å². The highest BCUT2D eigenvalue weighted by atomic mass is 19.3. The summed E-state index contributed by atoms with van der Waals surface area (Å²) in [6, 6.07) is 12.1. The van der Waals surface area contributed by atoms with Crippen molar-refractivity contribution in [2.45, 2.75) is 44.6 Å². The number of anilines is 1. The van der Waals surface area contributed by atoms with E-state index >= 15 is 0 Å². The van der Waals surface area contributed by atoms with Crippen LogP contribution in [0.1, 0.15) is 37.7 Å². The second kappa shape index (κ2) is 11.3. The first-order valence-electron chi connectivity index (χ1n) is 12.5. The maximum absolute atomic E-state index is 13.3. The normalized spacial score (nSPS) is 18.7. The van der Waals surface area contributed by atoms with Crippen LogP contribution < -0.4 is 11.1 Å². The Bertz CT molecular complexity index is 1060. The van der Waals surface area contributed by atoms with Gasteiger partial charge in [-0.25, -0.2) is 13.2 Å². The number of carbonyl (C=O) groups is 2. The van der Waals surface area contributed by atoms with Gasteiger partial charge in [0.1, 0.15) is 5.82 Å². The van der Waals surface area contributed by atoms with Crippen LogP contribution in [-0.4, -0.2) is 60.3 Å². The Labute approximate surface area is 209 Å². The maximum Gasteiger partial charge on any atom is 0.248 e. The monoisotopic (exact) mass is 502 g/mol. The van der Waals surface area contributed by atoms with Crippen LogP contribution >= 0.6 is 0 Å². The summed E-state index contributed by atoms with van der Waals surface area (Å²) in [6.07, 6.45) is 0.531. The lowest BCUT2D eigenvalue weighted by Gasteiger charge is -2.35. The van der Waals surface area contributed by atoms with E-state index in [0.717, 1.165) is 16.7 Å². The lowest BCUT2D eigenvalue weighted by Crippen LogP contribution is -2.51. The largest absolute Gasteiger partial charge is 0.398 e. The molecule has 1 saturated carbocycles. The average molecular weight is 503 g/mol. The minimum absolute atomic E-state index is 0.0442. The predicted octanol–water partition coefficient (Wildman–Crippen LogP) is 4.05. The zero-order valence-electron chi connectivity index (χ0n) is 20.3. The molecule has 3 N–H and O–H groups in total. The molecular formula is C27H33F3N4O2. The highest BCUT2D eigenvalue weighted by Gasteiger charge is 2.35. The van der Waals surface area contributed by atoms with E-state index in [1.807, 2.05) is 18.2 Å². The molecule has 0 unspecified atom stereocenters. The first-order valence-corrected chi connectivity index (χ1v) is 12.5. The van der Waals surface area contributed by atoms with Gasteiger partial charge < -0.3 is 16.0 Å². The summed E-state index contributed by atoms with van der Waals surface area (Å²) >= 11 is 0. The Morgan fingerprint density at radius 3 is 2.28 bits per heavy atom. The predicted molar refractivity (Wildman–Crippen MR) is 133 cm³/mol. The molecule has 1 aliphatic heterocycles. The number of nitrogen functional groups attached to an aromatic ring is 1. The molecule has 0 radical (unpaired) electrons. The van der Waals surface area contributed by atoms with Gasteiger partial charge in [0.2, 0.25) is 17.7 Å². The molecule has 2 aliphatic rings. The molecular weight excluding hydrogens is 469 g/mol. The molecule has 1 saturated heterocycles. The van der Waals surface area contributed by atoms with Gasteiger partial charge >= 0.3 is 0 Å². The first-order chi connectivity index (χ1) is 17.2. The number of alkyl halides is 2. The molecule has 2 aromatic carbocycles. The fourth-order valence-corrected chi connectivity index (χ4v) is 4.89. The number of piperazine rings is 1. The second-order valence-corrected chi connectivity index (χ2v) is 9.86. The van der Waals surface area contributed by atoms with E-state index < -0.39 is 5.92 Å². The van der Waals surface area contributed by atoms with Crippen molar-refractivity contribution in [3.05, 3.63) is 53.8 Å². The SMILES string of the molecule is Nc1ccc(-c2ccc(F)cc2)cc1CN1CCN(C(=O)CNC(=O)CC2CCC(F)(F)CC2)CC1. The quantitative estimate of drug-likeness (QED) is 0.560. The average Bonchev–Trinajstić information content (AvgIpc) is 2.86. The molecule has 0 bridgehead atoms. The summed E-state index contributed by atoms with van der Waals surface area (Å²) in [6.45, 7) is 3.01. The third-order valence-electron chi connectivity index (χ3n) is 7.19. The molecule has 194 valence electrons. The van der Waals surface area contributed by atoms with E-state index in [1.54, 1.807) is 17.0 Å². The molecule has 4 rings (SSSR count). The number of nitrogens with zero attached hydrogens (tertiary/aromatic N) is 2. The summed E-state index contributed by atoms with van der Waals surface area (Å²) in [5.74, 6) is -3.33. The molecule has 1 aliphatic carbocycles. The summed E-state index contributed by atoms with van der Waals surface area (Å²) < 4.78 is 39.8. The number of hydrogen-bond acceptors (Lipinski definition) is 4. The number of amides is 2. The molecule has 1 heterocycles. The van der Waals surface area contributed by atoms with Crippen molar-refractivity contribution in [1.82, 2.24) is 15.1 Å². The third kappa shape index (κ3) is 7.00. The third-order valence-corrected chi connectivity index (χ3v) is 7.19. The number of hydrogen-bond donors (Lipinski definition) is 2. The Morgan fingerprint density at radius 1 is 0.972 bits per heavy atom. The van der Waals surface area contributed by atoms with Gasteiger partial charge in [0, 0.05) is 57.7 Å². The minimum Gasteiger partial charge on any atom is -0.398 e. The summed E-state index contributed by atoms with van der Waals surface area (Å²) in [7, 11) is 0. The van der Waals surface area contributed by atoms with Gasteiger partial charge in [-0.3, -0.25) is 14.5 Å². The lowest BCUT2D eigenvalue weighted by atomic mass is 9.84. The van der Waals surface area contributed by atoms with E-state index in [0.29, 0.717) is 51.3 Å². The van der Waals surface area contributed by atoms with Gasteiger partial charge in [0.25, 0.3) is 0 Å². The number of carbonyl (C=O) groups excluding carboxylic acids is 2. The van der Waals surface area contributed by atoms with Crippen LogP contribution in [0.25, 0.3) is 11.1 Å². The van der Waals surface area contributed by atoms with E-state index in [9.17, 15) is 22.8 Å². The molecule has 9 heteroatoms. The van der Waals surface area contributed by atoms with Crippen LogP contribution in [0.5, 0.6) is 0 Å². The van der Waals surface area contributed by atoms with Gasteiger partial charge in [0.15, 0.2) is 0 Å². The highest BCUT2D eigenvalue weighted by Crippen LogP contribution is 2.37. The number of halogens is 3. The van der Waals surface area contributed by atoms with Gasteiger partial charge in [0.05, 0.1) is 6.54 Å². The van der Waals surface area contributed by atoms with Crippen molar-refractivity contribution in [2.24, 2.45) is 5.92 Å². The van der Waals surface area contributed by atoms with E-state index in [4.69, 9.17) is 5.73 Å². The Morgan fingerprint density at radius 2 is 1.61 bits per heavy atom. The van der Waals surface area contributed by atoms with Gasteiger partial charge in [-0.1, -0.05) is 18.2 Å². The highest BCUT2D eigenvalue weighted by molar-refractivity contribution is 5.84. The van der Waals surface area contributed by atoms with Crippen molar-refractivity contribution in [3.8, 4) is 11.1 Å². The molecule has 2 amide bonds.